The van der Waals surface area contributed by atoms with Gasteiger partial charge >= 0.3 is 0 Å². The Morgan fingerprint density at radius 2 is 1.50 bits per heavy atom. The molecule has 0 saturated heterocycles. The van der Waals surface area contributed by atoms with Crippen LogP contribution < -0.4 is 0 Å². The van der Waals surface area contributed by atoms with E-state index in [1.165, 1.54) is 33.4 Å². The minimum Gasteiger partial charge on any atom is -0.0871 e. The van der Waals surface area contributed by atoms with Crippen LogP contribution in [-0.2, 0) is 0 Å². The number of allylic oxidation sites excluding steroid dienone is 1. The number of aryl methyl sites for hydroxylation is 3. The topological polar surface area (TPSA) is 0 Å². The van der Waals surface area contributed by atoms with Gasteiger partial charge in [0.1, 0.15) is 0 Å². The van der Waals surface area contributed by atoms with Crippen LogP contribution >= 0.6 is 0 Å². The molecule has 18 heavy (non-hydrogen) atoms. The Bertz CT molecular complexity index is 589. The van der Waals surface area contributed by atoms with Gasteiger partial charge in [-0.3, -0.25) is 0 Å². The first-order valence-electron chi connectivity index (χ1n) is 6.43. The molecule has 0 bridgehead atoms. The Hall–Kier alpha value is -1.82. The molecule has 0 unspecified atom stereocenters. The van der Waals surface area contributed by atoms with E-state index in [0.717, 1.165) is 0 Å². The van der Waals surface area contributed by atoms with E-state index < -0.39 is 0 Å². The lowest BCUT2D eigenvalue weighted by molar-refractivity contribution is 1.35. The second-order valence-electron chi connectivity index (χ2n) is 4.84. The summed E-state index contributed by atoms with van der Waals surface area (Å²) in [5.41, 5.74) is 8.00. The summed E-state index contributed by atoms with van der Waals surface area (Å²) < 4.78 is 0. The Labute approximate surface area is 110 Å². The minimum atomic E-state index is 1.31. The molecule has 0 aliphatic carbocycles. The molecule has 0 nitrogen and oxygen atoms in total. The molecule has 0 atom stereocenters. The van der Waals surface area contributed by atoms with Gasteiger partial charge in [-0.05, 0) is 61.1 Å². The van der Waals surface area contributed by atoms with Crippen molar-refractivity contribution in [3.8, 4) is 11.1 Å². The largest absolute Gasteiger partial charge is 0.0871 e. The maximum Gasteiger partial charge on any atom is -0.0149 e. The first-order valence-corrected chi connectivity index (χ1v) is 6.43. The van der Waals surface area contributed by atoms with Gasteiger partial charge in [-0.2, -0.15) is 0 Å². The Kier molecular flexibility index (Phi) is 3.66. The quantitative estimate of drug-likeness (QED) is 0.662. The van der Waals surface area contributed by atoms with Crippen molar-refractivity contribution < 1.29 is 0 Å². The molecule has 92 valence electrons. The van der Waals surface area contributed by atoms with E-state index in [1.54, 1.807) is 0 Å². The number of rotatable bonds is 2. The molecular weight excluding hydrogens is 216 g/mol. The van der Waals surface area contributed by atoms with E-state index in [2.05, 4.69) is 76.2 Å². The Morgan fingerprint density at radius 3 is 2.17 bits per heavy atom. The predicted octanol–water partition coefficient (Wildman–Crippen LogP) is 5.31. The van der Waals surface area contributed by atoms with E-state index in [-0.39, 0.29) is 0 Å². The Morgan fingerprint density at radius 1 is 0.778 bits per heavy atom. The molecule has 2 aromatic rings. The van der Waals surface area contributed by atoms with Crippen molar-refractivity contribution in [2.75, 3.05) is 0 Å². The highest BCUT2D eigenvalue weighted by Crippen LogP contribution is 2.29. The summed E-state index contributed by atoms with van der Waals surface area (Å²) in [4.78, 5) is 0. The Balaban J connectivity index is 2.60. The summed E-state index contributed by atoms with van der Waals surface area (Å²) in [7, 11) is 0. The maximum absolute atomic E-state index is 2.30. The molecule has 0 spiro atoms. The fourth-order valence-corrected chi connectivity index (χ4v) is 2.36. The summed E-state index contributed by atoms with van der Waals surface area (Å²) >= 11 is 0. The first-order chi connectivity index (χ1) is 8.63. The van der Waals surface area contributed by atoms with Gasteiger partial charge in [0.2, 0.25) is 0 Å². The molecule has 0 aromatic heterocycles. The molecule has 0 aliphatic rings. The van der Waals surface area contributed by atoms with Crippen LogP contribution in [0.15, 0.2) is 42.5 Å². The summed E-state index contributed by atoms with van der Waals surface area (Å²) in [5.74, 6) is 0. The summed E-state index contributed by atoms with van der Waals surface area (Å²) in [6.07, 6.45) is 4.26. The zero-order chi connectivity index (χ0) is 13.1. The summed E-state index contributed by atoms with van der Waals surface area (Å²) in [6, 6.07) is 13.1. The van der Waals surface area contributed by atoms with Gasteiger partial charge in [0, 0.05) is 0 Å². The second kappa shape index (κ2) is 5.22. The lowest BCUT2D eigenvalue weighted by atomic mass is 9.92. The third-order valence-corrected chi connectivity index (χ3v) is 3.39. The number of hydrogen-bond donors (Lipinski definition) is 0. The number of benzene rings is 2. The fraction of sp³-hybridized carbons (Fsp3) is 0.222. The van der Waals surface area contributed by atoms with Crippen molar-refractivity contribution in [2.45, 2.75) is 27.7 Å². The van der Waals surface area contributed by atoms with Crippen molar-refractivity contribution in [1.82, 2.24) is 0 Å². The molecule has 0 aliphatic heterocycles. The molecule has 0 heteroatoms. The van der Waals surface area contributed by atoms with E-state index in [4.69, 9.17) is 0 Å². The maximum atomic E-state index is 2.30. The van der Waals surface area contributed by atoms with Crippen molar-refractivity contribution in [1.29, 1.82) is 0 Å². The molecule has 2 aromatic carbocycles. The highest BCUT2D eigenvalue weighted by Gasteiger charge is 2.06. The molecule has 2 rings (SSSR count). The lowest BCUT2D eigenvalue weighted by Gasteiger charge is -2.12. The second-order valence-corrected chi connectivity index (χ2v) is 4.84. The van der Waals surface area contributed by atoms with E-state index in [0.29, 0.717) is 0 Å². The van der Waals surface area contributed by atoms with E-state index in [1.807, 2.05) is 0 Å². The van der Waals surface area contributed by atoms with Crippen molar-refractivity contribution in [3.63, 3.8) is 0 Å². The normalized spacial score (nSPS) is 11.1. The molecule has 0 radical (unpaired) electrons. The number of hydrogen-bond acceptors (Lipinski definition) is 0. The average Bonchev–Trinajstić information content (AvgIpc) is 2.35. The van der Waals surface area contributed by atoms with Crippen LogP contribution in [0, 0.1) is 20.8 Å². The van der Waals surface area contributed by atoms with Gasteiger partial charge in [0.05, 0.1) is 0 Å². The monoisotopic (exact) mass is 236 g/mol. The first kappa shape index (κ1) is 12.6. The van der Waals surface area contributed by atoms with Crippen molar-refractivity contribution in [3.05, 3.63) is 64.7 Å². The van der Waals surface area contributed by atoms with Gasteiger partial charge in [0.25, 0.3) is 0 Å². The van der Waals surface area contributed by atoms with Gasteiger partial charge < -0.3 is 0 Å². The van der Waals surface area contributed by atoms with Crippen LogP contribution in [0.25, 0.3) is 17.2 Å². The van der Waals surface area contributed by atoms with E-state index >= 15 is 0 Å². The molecule has 0 N–H and O–H groups in total. The zero-order valence-electron chi connectivity index (χ0n) is 11.6. The van der Waals surface area contributed by atoms with Crippen LogP contribution in [-0.4, -0.2) is 0 Å². The average molecular weight is 236 g/mol. The summed E-state index contributed by atoms with van der Waals surface area (Å²) in [5, 5.41) is 0. The minimum absolute atomic E-state index is 1.31. The third kappa shape index (κ3) is 2.38. The van der Waals surface area contributed by atoms with Gasteiger partial charge in [-0.1, -0.05) is 48.6 Å². The van der Waals surface area contributed by atoms with Crippen LogP contribution in [0.1, 0.15) is 29.2 Å². The molecular formula is C18H20. The molecule has 0 heterocycles. The van der Waals surface area contributed by atoms with Crippen molar-refractivity contribution >= 4 is 6.08 Å². The summed E-state index contributed by atoms with van der Waals surface area (Å²) in [6.45, 7) is 8.60. The predicted molar refractivity (Wildman–Crippen MR) is 80.8 cm³/mol. The highest BCUT2D eigenvalue weighted by atomic mass is 14.1. The lowest BCUT2D eigenvalue weighted by Crippen LogP contribution is -1.90. The SMILES string of the molecule is C/C=C\c1cc(C)c(-c2ccccc2C)cc1C. The standard InChI is InChI=1S/C18H20/c1-5-8-16-11-15(4)18(12-14(16)3)17-10-7-6-9-13(17)2/h5-12H,1-4H3/b8-5-. The van der Waals surface area contributed by atoms with Crippen molar-refractivity contribution in [2.24, 2.45) is 0 Å². The third-order valence-electron chi connectivity index (χ3n) is 3.39. The van der Waals surface area contributed by atoms with Gasteiger partial charge in [-0.25, -0.2) is 0 Å². The van der Waals surface area contributed by atoms with Crippen LogP contribution in [0.4, 0.5) is 0 Å². The zero-order valence-corrected chi connectivity index (χ0v) is 11.6. The fourth-order valence-electron chi connectivity index (χ4n) is 2.36. The van der Waals surface area contributed by atoms with Gasteiger partial charge in [0.15, 0.2) is 0 Å². The highest BCUT2D eigenvalue weighted by molar-refractivity contribution is 5.73. The smallest absolute Gasteiger partial charge is 0.0149 e. The van der Waals surface area contributed by atoms with E-state index in [9.17, 15) is 0 Å². The van der Waals surface area contributed by atoms with Gasteiger partial charge in [-0.15, -0.1) is 0 Å². The molecule has 0 saturated carbocycles. The van der Waals surface area contributed by atoms with Crippen LogP contribution in [0.5, 0.6) is 0 Å². The van der Waals surface area contributed by atoms with Crippen LogP contribution in [0.3, 0.4) is 0 Å². The molecule has 0 amide bonds. The molecule has 0 fully saturated rings. The van der Waals surface area contributed by atoms with Crippen LogP contribution in [0.2, 0.25) is 0 Å².